The van der Waals surface area contributed by atoms with E-state index in [4.69, 9.17) is 4.74 Å². The Morgan fingerprint density at radius 3 is 2.68 bits per heavy atom. The summed E-state index contributed by atoms with van der Waals surface area (Å²) in [7, 11) is 0. The number of fused-ring (bicyclic) bond motifs is 1. The molecule has 0 saturated heterocycles. The summed E-state index contributed by atoms with van der Waals surface area (Å²) in [6, 6.07) is 16.5. The van der Waals surface area contributed by atoms with Crippen LogP contribution in [0.3, 0.4) is 0 Å². The van der Waals surface area contributed by atoms with Gasteiger partial charge in [0.05, 0.1) is 6.54 Å². The molecule has 1 unspecified atom stereocenters. The van der Waals surface area contributed by atoms with E-state index in [1.165, 1.54) is 11.3 Å². The molecule has 0 spiro atoms. The Labute approximate surface area is 121 Å². The first-order chi connectivity index (χ1) is 9.31. The van der Waals surface area contributed by atoms with Crippen LogP contribution in [0.25, 0.3) is 0 Å². The van der Waals surface area contributed by atoms with Crippen molar-refractivity contribution in [1.29, 1.82) is 0 Å². The molecule has 3 rings (SSSR count). The fraction of sp³-hybridized carbons (Fsp3) is 0.250. The second kappa shape index (κ2) is 5.66. The van der Waals surface area contributed by atoms with Crippen LogP contribution in [0.5, 0.6) is 5.75 Å². The second-order valence-electron chi connectivity index (χ2n) is 4.77. The largest absolute Gasteiger partial charge is 0.489 e. The lowest BCUT2D eigenvalue weighted by atomic mass is 10.1. The van der Waals surface area contributed by atoms with Gasteiger partial charge in [-0.2, -0.15) is 0 Å². The van der Waals surface area contributed by atoms with Gasteiger partial charge in [0.2, 0.25) is 0 Å². The van der Waals surface area contributed by atoms with Crippen molar-refractivity contribution in [2.45, 2.75) is 18.9 Å². The van der Waals surface area contributed by atoms with E-state index in [1.54, 1.807) is 0 Å². The summed E-state index contributed by atoms with van der Waals surface area (Å²) in [4.78, 5) is 0. The highest BCUT2D eigenvalue weighted by molar-refractivity contribution is 9.10. The lowest BCUT2D eigenvalue weighted by Gasteiger charge is -2.17. The predicted octanol–water partition coefficient (Wildman–Crippen LogP) is 4.25. The third-order valence-corrected chi connectivity index (χ3v) is 3.92. The molecule has 0 aromatic heterocycles. The van der Waals surface area contributed by atoms with Crippen molar-refractivity contribution in [3.05, 3.63) is 58.6 Å². The van der Waals surface area contributed by atoms with E-state index in [1.807, 2.05) is 24.3 Å². The Balaban J connectivity index is 1.67. The molecule has 1 N–H and O–H groups in total. The molecule has 0 bridgehead atoms. The molecule has 2 nitrogen and oxygen atoms in total. The zero-order chi connectivity index (χ0) is 13.1. The molecule has 1 aliphatic rings. The number of hydrogen-bond donors (Lipinski definition) is 1. The second-order valence-corrected chi connectivity index (χ2v) is 5.69. The van der Waals surface area contributed by atoms with Crippen molar-refractivity contribution in [2.24, 2.45) is 0 Å². The van der Waals surface area contributed by atoms with E-state index in [0.717, 1.165) is 29.6 Å². The van der Waals surface area contributed by atoms with Crippen molar-refractivity contribution in [3.8, 4) is 5.75 Å². The Bertz CT molecular complexity index is 526. The van der Waals surface area contributed by atoms with Crippen molar-refractivity contribution in [3.63, 3.8) is 0 Å². The van der Waals surface area contributed by atoms with Gasteiger partial charge in [0.15, 0.2) is 0 Å². The van der Waals surface area contributed by atoms with Crippen LogP contribution < -0.4 is 10.1 Å². The average molecular weight is 318 g/mol. The minimum absolute atomic E-state index is 0.216. The van der Waals surface area contributed by atoms with E-state index < -0.39 is 0 Å². The maximum atomic E-state index is 6.04. The van der Waals surface area contributed by atoms with E-state index in [-0.39, 0.29) is 6.10 Å². The summed E-state index contributed by atoms with van der Waals surface area (Å²) in [5.74, 6) is 0.931. The van der Waals surface area contributed by atoms with E-state index >= 15 is 0 Å². The van der Waals surface area contributed by atoms with Crippen LogP contribution in [0.15, 0.2) is 53.0 Å². The molecule has 98 valence electrons. The van der Waals surface area contributed by atoms with E-state index in [9.17, 15) is 0 Å². The highest BCUT2D eigenvalue weighted by Crippen LogP contribution is 2.24. The minimum Gasteiger partial charge on any atom is -0.489 e. The SMILES string of the molecule is Brc1ccc(OC2CCc3ccccc3NC2)cc1. The van der Waals surface area contributed by atoms with Gasteiger partial charge in [-0.1, -0.05) is 34.1 Å². The summed E-state index contributed by atoms with van der Waals surface area (Å²) < 4.78 is 7.11. The smallest absolute Gasteiger partial charge is 0.119 e. The number of benzene rings is 2. The van der Waals surface area contributed by atoms with Crippen LogP contribution in [0.1, 0.15) is 12.0 Å². The van der Waals surface area contributed by atoms with Crippen molar-refractivity contribution >= 4 is 21.6 Å². The third-order valence-electron chi connectivity index (χ3n) is 3.39. The van der Waals surface area contributed by atoms with Gasteiger partial charge >= 0.3 is 0 Å². The molecule has 0 radical (unpaired) electrons. The molecule has 0 saturated carbocycles. The predicted molar refractivity (Wildman–Crippen MR) is 81.8 cm³/mol. The molecule has 0 fully saturated rings. The third kappa shape index (κ3) is 3.10. The van der Waals surface area contributed by atoms with Gasteiger partial charge in [-0.3, -0.25) is 0 Å². The Kier molecular flexibility index (Phi) is 3.74. The normalized spacial score (nSPS) is 18.1. The van der Waals surface area contributed by atoms with Crippen molar-refractivity contribution < 1.29 is 4.74 Å². The monoisotopic (exact) mass is 317 g/mol. The van der Waals surface area contributed by atoms with E-state index in [2.05, 4.69) is 45.5 Å². The minimum atomic E-state index is 0.216. The molecule has 0 aliphatic carbocycles. The average Bonchev–Trinajstić information content (AvgIpc) is 2.64. The molecule has 2 aromatic rings. The first-order valence-corrected chi connectivity index (χ1v) is 7.34. The van der Waals surface area contributed by atoms with Crippen molar-refractivity contribution in [2.75, 3.05) is 11.9 Å². The molecule has 0 amide bonds. The topological polar surface area (TPSA) is 21.3 Å². The van der Waals surface area contributed by atoms with Crippen LogP contribution in [-0.4, -0.2) is 12.6 Å². The van der Waals surface area contributed by atoms with Gasteiger partial charge < -0.3 is 10.1 Å². The number of halogens is 1. The molecule has 19 heavy (non-hydrogen) atoms. The van der Waals surface area contributed by atoms with Gasteiger partial charge in [-0.05, 0) is 48.7 Å². The zero-order valence-corrected chi connectivity index (χ0v) is 12.2. The van der Waals surface area contributed by atoms with Crippen LogP contribution in [0.4, 0.5) is 5.69 Å². The molecule has 2 aromatic carbocycles. The zero-order valence-electron chi connectivity index (χ0n) is 10.6. The number of para-hydroxylation sites is 1. The summed E-state index contributed by atoms with van der Waals surface area (Å²) in [5, 5.41) is 3.47. The van der Waals surface area contributed by atoms with Crippen LogP contribution in [0.2, 0.25) is 0 Å². The molecule has 1 aliphatic heterocycles. The summed E-state index contributed by atoms with van der Waals surface area (Å²) in [5.41, 5.74) is 2.62. The van der Waals surface area contributed by atoms with Gasteiger partial charge in [-0.25, -0.2) is 0 Å². The van der Waals surface area contributed by atoms with Crippen LogP contribution in [0, 0.1) is 0 Å². The highest BCUT2D eigenvalue weighted by Gasteiger charge is 2.16. The lowest BCUT2D eigenvalue weighted by Crippen LogP contribution is -2.24. The summed E-state index contributed by atoms with van der Waals surface area (Å²) in [6.07, 6.45) is 2.32. The number of nitrogens with one attached hydrogen (secondary N) is 1. The van der Waals surface area contributed by atoms with Crippen LogP contribution >= 0.6 is 15.9 Å². The number of rotatable bonds is 2. The first-order valence-electron chi connectivity index (χ1n) is 6.55. The van der Waals surface area contributed by atoms with Gasteiger partial charge in [0, 0.05) is 10.2 Å². The highest BCUT2D eigenvalue weighted by atomic mass is 79.9. The maximum Gasteiger partial charge on any atom is 0.119 e. The number of ether oxygens (including phenoxy) is 1. The maximum absolute atomic E-state index is 6.04. The van der Waals surface area contributed by atoms with Gasteiger partial charge in [0.25, 0.3) is 0 Å². The standard InChI is InChI=1S/C16H16BrNO/c17-13-6-9-14(10-7-13)19-15-8-5-12-3-1-2-4-16(12)18-11-15/h1-4,6-7,9-10,15,18H,5,8,11H2. The number of anilines is 1. The number of hydrogen-bond acceptors (Lipinski definition) is 2. The first kappa shape index (κ1) is 12.5. The molecular formula is C16H16BrNO. The molecule has 3 heteroatoms. The fourth-order valence-corrected chi connectivity index (χ4v) is 2.62. The summed E-state index contributed by atoms with van der Waals surface area (Å²) >= 11 is 3.43. The van der Waals surface area contributed by atoms with Gasteiger partial charge in [-0.15, -0.1) is 0 Å². The molecular weight excluding hydrogens is 302 g/mol. The Morgan fingerprint density at radius 1 is 1.05 bits per heavy atom. The molecule has 1 heterocycles. The Hall–Kier alpha value is -1.48. The Morgan fingerprint density at radius 2 is 1.84 bits per heavy atom. The number of aryl methyl sites for hydroxylation is 1. The van der Waals surface area contributed by atoms with Crippen molar-refractivity contribution in [1.82, 2.24) is 0 Å². The van der Waals surface area contributed by atoms with Gasteiger partial charge in [0.1, 0.15) is 11.9 Å². The fourth-order valence-electron chi connectivity index (χ4n) is 2.36. The van der Waals surface area contributed by atoms with Crippen LogP contribution in [-0.2, 0) is 6.42 Å². The lowest BCUT2D eigenvalue weighted by molar-refractivity contribution is 0.206. The van der Waals surface area contributed by atoms with E-state index in [0.29, 0.717) is 0 Å². The summed E-state index contributed by atoms with van der Waals surface area (Å²) in [6.45, 7) is 0.854. The molecule has 1 atom stereocenters. The quantitative estimate of drug-likeness (QED) is 0.893.